The van der Waals surface area contributed by atoms with Gasteiger partial charge in [-0.3, -0.25) is 0 Å². The molecule has 0 fully saturated rings. The Labute approximate surface area is 146 Å². The lowest BCUT2D eigenvalue weighted by Crippen LogP contribution is -2.06. The Kier molecular flexibility index (Phi) is 5.41. The van der Waals surface area contributed by atoms with E-state index in [1.54, 1.807) is 17.1 Å². The second-order valence-corrected chi connectivity index (χ2v) is 5.68. The summed E-state index contributed by atoms with van der Waals surface area (Å²) >= 11 is 0. The topological polar surface area (TPSA) is 61.5 Å². The Bertz CT molecular complexity index is 810. The van der Waals surface area contributed by atoms with E-state index in [1.807, 2.05) is 43.3 Å². The van der Waals surface area contributed by atoms with Gasteiger partial charge >= 0.3 is 0 Å². The molecule has 3 aromatic rings. The molecule has 6 nitrogen and oxygen atoms in total. The predicted molar refractivity (Wildman–Crippen MR) is 95.3 cm³/mol. The molecule has 6 heteroatoms. The fraction of sp³-hybridized carbons (Fsp3) is 0.211. The van der Waals surface area contributed by atoms with Gasteiger partial charge in [-0.2, -0.15) is 0 Å². The van der Waals surface area contributed by atoms with Crippen molar-refractivity contribution in [3.05, 3.63) is 77.6 Å². The molecule has 1 aromatic heterocycles. The fourth-order valence-corrected chi connectivity index (χ4v) is 2.18. The van der Waals surface area contributed by atoms with Gasteiger partial charge in [-0.1, -0.05) is 40.2 Å². The van der Waals surface area contributed by atoms with Crippen molar-refractivity contribution < 1.29 is 9.57 Å². The fourth-order valence-electron chi connectivity index (χ4n) is 2.18. The molecule has 0 aliphatic carbocycles. The van der Waals surface area contributed by atoms with Crippen LogP contribution in [-0.4, -0.2) is 20.7 Å². The summed E-state index contributed by atoms with van der Waals surface area (Å²) in [7, 11) is 0. The van der Waals surface area contributed by atoms with Crippen LogP contribution in [0.5, 0.6) is 5.75 Å². The van der Waals surface area contributed by atoms with Gasteiger partial charge in [0.1, 0.15) is 12.4 Å². The van der Waals surface area contributed by atoms with E-state index in [0.29, 0.717) is 13.3 Å². The molecule has 1 heterocycles. The zero-order valence-corrected chi connectivity index (χ0v) is 14.3. The van der Waals surface area contributed by atoms with Crippen LogP contribution in [0.15, 0.2) is 66.1 Å². The van der Waals surface area contributed by atoms with Crippen molar-refractivity contribution in [2.24, 2.45) is 5.16 Å². The Hall–Kier alpha value is -3.15. The number of benzene rings is 2. The summed E-state index contributed by atoms with van der Waals surface area (Å²) in [5.41, 5.74) is 4.13. The van der Waals surface area contributed by atoms with E-state index in [-0.39, 0.29) is 0 Å². The molecule has 25 heavy (non-hydrogen) atoms. The molecule has 0 saturated carbocycles. The van der Waals surface area contributed by atoms with Crippen molar-refractivity contribution in [3.8, 4) is 5.75 Å². The lowest BCUT2D eigenvalue weighted by molar-refractivity contribution is 0.130. The van der Waals surface area contributed by atoms with Gasteiger partial charge in [0.25, 0.3) is 0 Å². The Morgan fingerprint density at radius 3 is 2.52 bits per heavy atom. The van der Waals surface area contributed by atoms with E-state index in [4.69, 9.17) is 9.57 Å². The molecule has 0 bridgehead atoms. The van der Waals surface area contributed by atoms with E-state index in [1.165, 1.54) is 5.56 Å². The highest BCUT2D eigenvalue weighted by Crippen LogP contribution is 2.14. The van der Waals surface area contributed by atoms with E-state index in [0.717, 1.165) is 22.6 Å². The quantitative estimate of drug-likeness (QED) is 0.489. The molecule has 2 aromatic carbocycles. The first kappa shape index (κ1) is 16.7. The third-order valence-corrected chi connectivity index (χ3v) is 3.66. The normalized spacial score (nSPS) is 11.4. The third-order valence-electron chi connectivity index (χ3n) is 3.66. The zero-order valence-electron chi connectivity index (χ0n) is 14.3. The van der Waals surface area contributed by atoms with E-state index >= 15 is 0 Å². The summed E-state index contributed by atoms with van der Waals surface area (Å²) < 4.78 is 7.23. The van der Waals surface area contributed by atoms with E-state index < -0.39 is 0 Å². The molecular formula is C19H20N4O2. The third kappa shape index (κ3) is 4.91. The number of aryl methyl sites for hydroxylation is 1. The molecule has 0 spiro atoms. The molecule has 3 rings (SSSR count). The lowest BCUT2D eigenvalue weighted by atomic mass is 10.1. The number of ether oxygens (including phenoxy) is 1. The highest BCUT2D eigenvalue weighted by atomic mass is 16.6. The summed E-state index contributed by atoms with van der Waals surface area (Å²) in [4.78, 5) is 5.44. The molecule has 0 unspecified atom stereocenters. The number of hydrogen-bond acceptors (Lipinski definition) is 5. The predicted octanol–water partition coefficient (Wildman–Crippen LogP) is 3.56. The number of rotatable bonds is 7. The molecule has 0 atom stereocenters. The molecule has 0 N–H and O–H groups in total. The van der Waals surface area contributed by atoms with Crippen LogP contribution in [0.2, 0.25) is 0 Å². The maximum absolute atomic E-state index is 5.62. The smallest absolute Gasteiger partial charge is 0.182 e. The van der Waals surface area contributed by atoms with Gasteiger partial charge in [-0.25, -0.2) is 4.68 Å². The van der Waals surface area contributed by atoms with E-state index in [2.05, 4.69) is 34.5 Å². The Morgan fingerprint density at radius 2 is 1.84 bits per heavy atom. The summed E-state index contributed by atoms with van der Waals surface area (Å²) in [6, 6.07) is 15.9. The number of hydrogen-bond donors (Lipinski definition) is 0. The van der Waals surface area contributed by atoms with Gasteiger partial charge in [0.05, 0.1) is 11.9 Å². The van der Waals surface area contributed by atoms with Crippen LogP contribution in [0.1, 0.15) is 23.6 Å². The molecule has 0 radical (unpaired) electrons. The summed E-state index contributed by atoms with van der Waals surface area (Å²) in [6.07, 6.45) is 3.36. The second kappa shape index (κ2) is 8.10. The van der Waals surface area contributed by atoms with Crippen LogP contribution in [0, 0.1) is 6.92 Å². The molecule has 0 saturated heterocycles. The maximum atomic E-state index is 5.62. The van der Waals surface area contributed by atoms with E-state index in [9.17, 15) is 0 Å². The van der Waals surface area contributed by atoms with Gasteiger partial charge in [0.2, 0.25) is 0 Å². The summed E-state index contributed by atoms with van der Waals surface area (Å²) in [5, 5.41) is 11.8. The van der Waals surface area contributed by atoms with Crippen LogP contribution in [0.3, 0.4) is 0 Å². The summed E-state index contributed by atoms with van der Waals surface area (Å²) in [5.74, 6) is 0.757. The molecular weight excluding hydrogens is 316 g/mol. The van der Waals surface area contributed by atoms with Crippen molar-refractivity contribution in [3.63, 3.8) is 0 Å². The largest absolute Gasteiger partial charge is 0.471 e. The van der Waals surface area contributed by atoms with Crippen LogP contribution >= 0.6 is 0 Å². The minimum Gasteiger partial charge on any atom is -0.471 e. The monoisotopic (exact) mass is 336 g/mol. The average Bonchev–Trinajstić information content (AvgIpc) is 3.15. The minimum absolute atomic E-state index is 0.325. The van der Waals surface area contributed by atoms with Crippen molar-refractivity contribution in [1.82, 2.24) is 15.0 Å². The van der Waals surface area contributed by atoms with Crippen molar-refractivity contribution in [2.75, 3.05) is 0 Å². The molecule has 128 valence electrons. The Balaban J connectivity index is 1.52. The van der Waals surface area contributed by atoms with Gasteiger partial charge in [0, 0.05) is 6.20 Å². The molecule has 0 aliphatic rings. The SMILES string of the molecule is C/C(=N\OCc1ccc(C)cc1)c1ccc(OCn2ccnn2)cc1. The first-order valence-corrected chi connectivity index (χ1v) is 8.00. The highest BCUT2D eigenvalue weighted by molar-refractivity contribution is 5.98. The van der Waals surface area contributed by atoms with Gasteiger partial charge < -0.3 is 9.57 Å². The molecule has 0 aliphatic heterocycles. The van der Waals surface area contributed by atoms with Gasteiger partial charge in [0.15, 0.2) is 6.73 Å². The number of nitrogens with zero attached hydrogens (tertiary/aromatic N) is 4. The van der Waals surface area contributed by atoms with Gasteiger partial charge in [-0.15, -0.1) is 5.10 Å². The van der Waals surface area contributed by atoms with Crippen molar-refractivity contribution >= 4 is 5.71 Å². The molecule has 0 amide bonds. The number of oxime groups is 1. The Morgan fingerprint density at radius 1 is 1.08 bits per heavy atom. The lowest BCUT2D eigenvalue weighted by Gasteiger charge is -2.07. The maximum Gasteiger partial charge on any atom is 0.182 e. The second-order valence-electron chi connectivity index (χ2n) is 5.68. The van der Waals surface area contributed by atoms with Gasteiger partial charge in [-0.05, 0) is 49.2 Å². The zero-order chi connectivity index (χ0) is 17.5. The van der Waals surface area contributed by atoms with Crippen LogP contribution in [0.4, 0.5) is 0 Å². The minimum atomic E-state index is 0.325. The number of aromatic nitrogens is 3. The first-order chi connectivity index (χ1) is 12.2. The first-order valence-electron chi connectivity index (χ1n) is 8.00. The van der Waals surface area contributed by atoms with Crippen molar-refractivity contribution in [1.29, 1.82) is 0 Å². The standard InChI is InChI=1S/C19H20N4O2/c1-15-3-5-17(6-4-15)13-25-21-16(2)18-7-9-19(10-8-18)24-14-23-12-11-20-22-23/h3-12H,13-14H2,1-2H3/b21-16+. The average molecular weight is 336 g/mol. The van der Waals surface area contributed by atoms with Crippen LogP contribution in [-0.2, 0) is 18.2 Å². The highest BCUT2D eigenvalue weighted by Gasteiger charge is 2.01. The van der Waals surface area contributed by atoms with Crippen molar-refractivity contribution in [2.45, 2.75) is 27.2 Å². The van der Waals surface area contributed by atoms with Crippen LogP contribution in [0.25, 0.3) is 0 Å². The van der Waals surface area contributed by atoms with Crippen LogP contribution < -0.4 is 4.74 Å². The summed E-state index contributed by atoms with van der Waals surface area (Å²) in [6.45, 7) is 4.76.